The van der Waals surface area contributed by atoms with Crippen molar-refractivity contribution in [3.8, 4) is 0 Å². The minimum atomic E-state index is -0.574. The number of anilines is 2. The molecule has 224 valence electrons. The van der Waals surface area contributed by atoms with Crippen LogP contribution in [-0.2, 0) is 9.59 Å². The van der Waals surface area contributed by atoms with Gasteiger partial charge in [-0.1, -0.05) is 90.5 Å². The number of para-hydroxylation sites is 1. The second-order valence-electron chi connectivity index (χ2n) is 9.79. The van der Waals surface area contributed by atoms with E-state index in [-0.39, 0.29) is 11.6 Å². The predicted molar refractivity (Wildman–Crippen MR) is 186 cm³/mol. The van der Waals surface area contributed by atoms with Gasteiger partial charge in [-0.3, -0.25) is 14.4 Å². The second kappa shape index (κ2) is 15.4. The van der Waals surface area contributed by atoms with Gasteiger partial charge in [-0.2, -0.15) is 0 Å². The van der Waals surface area contributed by atoms with Crippen LogP contribution in [0.4, 0.5) is 11.4 Å². The van der Waals surface area contributed by atoms with Crippen molar-refractivity contribution in [1.29, 1.82) is 0 Å². The summed E-state index contributed by atoms with van der Waals surface area (Å²) in [5.41, 5.74) is 3.15. The average molecular weight is 697 g/mol. The number of hydrogen-bond donors (Lipinski definition) is 3. The van der Waals surface area contributed by atoms with E-state index in [2.05, 4.69) is 31.9 Å². The third kappa shape index (κ3) is 8.95. The zero-order chi connectivity index (χ0) is 31.6. The summed E-state index contributed by atoms with van der Waals surface area (Å²) in [6, 6.07) is 39.7. The summed E-state index contributed by atoms with van der Waals surface area (Å²) in [6.45, 7) is 0. The van der Waals surface area contributed by atoms with Crippen molar-refractivity contribution in [2.24, 2.45) is 0 Å². The zero-order valence-corrected chi connectivity index (χ0v) is 26.9. The molecule has 0 aliphatic heterocycles. The molecule has 0 fully saturated rings. The van der Waals surface area contributed by atoms with Crippen LogP contribution >= 0.6 is 39.3 Å². The molecule has 6 nitrogen and oxygen atoms in total. The van der Waals surface area contributed by atoms with E-state index in [1.165, 1.54) is 11.8 Å². The number of thioether (sulfide) groups is 1. The van der Waals surface area contributed by atoms with E-state index < -0.39 is 17.1 Å². The Kier molecular flexibility index (Phi) is 10.9. The van der Waals surface area contributed by atoms with Gasteiger partial charge in [-0.05, 0) is 87.7 Å². The van der Waals surface area contributed by atoms with Crippen LogP contribution in [0, 0.1) is 0 Å². The van der Waals surface area contributed by atoms with E-state index in [0.717, 1.165) is 14.9 Å². The molecule has 0 radical (unpaired) electrons. The largest absolute Gasteiger partial charge is 0.324 e. The van der Waals surface area contributed by atoms with Crippen molar-refractivity contribution in [3.05, 3.63) is 165 Å². The van der Waals surface area contributed by atoms with Crippen molar-refractivity contribution in [1.82, 2.24) is 5.32 Å². The van der Waals surface area contributed by atoms with Gasteiger partial charge in [0.2, 0.25) is 5.91 Å². The van der Waals surface area contributed by atoms with Crippen LogP contribution in [0.25, 0.3) is 6.08 Å². The van der Waals surface area contributed by atoms with Crippen molar-refractivity contribution in [2.45, 2.75) is 10.1 Å². The van der Waals surface area contributed by atoms with E-state index in [0.29, 0.717) is 27.5 Å². The molecular formula is C36H27BrClN3O3S. The molecule has 0 aliphatic carbocycles. The standard InChI is InChI=1S/C36H27BrClN3O3S/c37-30-16-7-8-17-31(30)40-36(44)33(25-10-3-1-4-11-25)45-29-15-9-14-28(23-29)39-35(43)32(22-24-18-20-27(38)21-19-24)41-34(42)26-12-5-2-6-13-26/h1-23,33H,(H,39,43)(H,40,44)(H,41,42)/b32-22-. The number of hydrogen-bond acceptors (Lipinski definition) is 4. The third-order valence-corrected chi connectivity index (χ3v) is 8.72. The molecule has 1 atom stereocenters. The van der Waals surface area contributed by atoms with Crippen LogP contribution in [0.2, 0.25) is 5.02 Å². The van der Waals surface area contributed by atoms with Gasteiger partial charge >= 0.3 is 0 Å². The molecule has 0 aromatic heterocycles. The Labute approximate surface area is 279 Å². The first-order valence-electron chi connectivity index (χ1n) is 13.9. The smallest absolute Gasteiger partial charge is 0.272 e. The van der Waals surface area contributed by atoms with Crippen molar-refractivity contribution >= 4 is 74.5 Å². The summed E-state index contributed by atoms with van der Waals surface area (Å²) >= 11 is 10.9. The molecule has 0 bridgehead atoms. The maximum atomic E-state index is 13.6. The summed E-state index contributed by atoms with van der Waals surface area (Å²) < 4.78 is 0.779. The SMILES string of the molecule is O=C(Nc1cccc(SC(C(=O)Nc2ccccc2Br)c2ccccc2)c1)/C(=C/c1ccc(Cl)cc1)NC(=O)c1ccccc1. The molecule has 1 unspecified atom stereocenters. The molecule has 9 heteroatoms. The van der Waals surface area contributed by atoms with E-state index in [1.807, 2.05) is 66.7 Å². The number of rotatable bonds is 10. The molecule has 3 amide bonds. The summed E-state index contributed by atoms with van der Waals surface area (Å²) in [7, 11) is 0. The molecule has 5 aromatic rings. The minimum Gasteiger partial charge on any atom is -0.324 e. The Morgan fingerprint density at radius 1 is 0.733 bits per heavy atom. The van der Waals surface area contributed by atoms with Gasteiger partial charge in [0.15, 0.2) is 0 Å². The van der Waals surface area contributed by atoms with E-state index in [4.69, 9.17) is 11.6 Å². The monoisotopic (exact) mass is 695 g/mol. The number of carbonyl (C=O) groups is 3. The molecule has 0 spiro atoms. The summed E-state index contributed by atoms with van der Waals surface area (Å²) in [6.07, 6.45) is 1.59. The second-order valence-corrected chi connectivity index (χ2v) is 12.3. The Balaban J connectivity index is 1.37. The molecule has 0 aliphatic rings. The summed E-state index contributed by atoms with van der Waals surface area (Å²) in [5, 5.41) is 8.63. The Morgan fingerprint density at radius 2 is 1.40 bits per heavy atom. The summed E-state index contributed by atoms with van der Waals surface area (Å²) in [5.74, 6) is -1.12. The predicted octanol–water partition coefficient (Wildman–Crippen LogP) is 8.98. The van der Waals surface area contributed by atoms with Crippen LogP contribution in [0.15, 0.2) is 149 Å². The van der Waals surface area contributed by atoms with Gasteiger partial charge in [-0.15, -0.1) is 11.8 Å². The maximum absolute atomic E-state index is 13.6. The number of carbonyl (C=O) groups excluding carboxylic acids is 3. The normalized spacial score (nSPS) is 11.7. The average Bonchev–Trinajstić information content (AvgIpc) is 3.06. The van der Waals surface area contributed by atoms with Gasteiger partial charge in [0.05, 0.1) is 5.69 Å². The Morgan fingerprint density at radius 3 is 2.11 bits per heavy atom. The van der Waals surface area contributed by atoms with E-state index >= 15 is 0 Å². The highest BCUT2D eigenvalue weighted by atomic mass is 79.9. The van der Waals surface area contributed by atoms with Gasteiger partial charge < -0.3 is 16.0 Å². The molecule has 3 N–H and O–H groups in total. The van der Waals surface area contributed by atoms with Crippen molar-refractivity contribution < 1.29 is 14.4 Å². The Bertz CT molecular complexity index is 1830. The van der Waals surface area contributed by atoms with E-state index in [9.17, 15) is 14.4 Å². The van der Waals surface area contributed by atoms with E-state index in [1.54, 1.807) is 72.8 Å². The molecule has 5 aromatic carbocycles. The number of benzene rings is 5. The number of halogens is 2. The topological polar surface area (TPSA) is 87.3 Å². The highest BCUT2D eigenvalue weighted by molar-refractivity contribution is 9.10. The quantitative estimate of drug-likeness (QED) is 0.101. The minimum absolute atomic E-state index is 0.0548. The van der Waals surface area contributed by atoms with Crippen molar-refractivity contribution in [2.75, 3.05) is 10.6 Å². The van der Waals surface area contributed by atoms with Crippen LogP contribution in [0.5, 0.6) is 0 Å². The lowest BCUT2D eigenvalue weighted by molar-refractivity contribution is -0.116. The van der Waals surface area contributed by atoms with Crippen molar-refractivity contribution in [3.63, 3.8) is 0 Å². The highest BCUT2D eigenvalue weighted by Gasteiger charge is 2.23. The lowest BCUT2D eigenvalue weighted by atomic mass is 10.1. The van der Waals surface area contributed by atoms with Gasteiger partial charge in [0.1, 0.15) is 10.9 Å². The van der Waals surface area contributed by atoms with Gasteiger partial charge in [0, 0.05) is 25.6 Å². The fourth-order valence-corrected chi connectivity index (χ4v) is 5.90. The van der Waals surface area contributed by atoms with Crippen LogP contribution in [-0.4, -0.2) is 17.7 Å². The van der Waals surface area contributed by atoms with Crippen LogP contribution in [0.3, 0.4) is 0 Å². The first-order valence-corrected chi connectivity index (χ1v) is 15.9. The molecule has 0 heterocycles. The molecular weight excluding hydrogens is 670 g/mol. The fraction of sp³-hybridized carbons (Fsp3) is 0.0278. The third-order valence-electron chi connectivity index (χ3n) is 6.53. The van der Waals surface area contributed by atoms with Gasteiger partial charge in [-0.25, -0.2) is 0 Å². The fourth-order valence-electron chi connectivity index (χ4n) is 4.31. The highest BCUT2D eigenvalue weighted by Crippen LogP contribution is 2.37. The Hall–Kier alpha value is -4.63. The maximum Gasteiger partial charge on any atom is 0.272 e. The molecule has 0 saturated heterocycles. The molecule has 0 saturated carbocycles. The first kappa shape index (κ1) is 31.8. The number of amides is 3. The summed E-state index contributed by atoms with van der Waals surface area (Å²) in [4.78, 5) is 40.9. The molecule has 5 rings (SSSR count). The van der Waals surface area contributed by atoms with Crippen LogP contribution < -0.4 is 16.0 Å². The van der Waals surface area contributed by atoms with Crippen LogP contribution in [0.1, 0.15) is 26.7 Å². The molecule has 45 heavy (non-hydrogen) atoms. The zero-order valence-electron chi connectivity index (χ0n) is 23.7. The number of nitrogens with one attached hydrogen (secondary N) is 3. The first-order chi connectivity index (χ1) is 21.9. The van der Waals surface area contributed by atoms with Gasteiger partial charge in [0.25, 0.3) is 11.8 Å². The lowest BCUT2D eigenvalue weighted by Gasteiger charge is -2.18. The lowest BCUT2D eigenvalue weighted by Crippen LogP contribution is -2.30.